The quantitative estimate of drug-likeness (QED) is 0.177. The fraction of sp³-hybridized carbons (Fsp3) is 1.00. The molecular weight excluding hydrogens is 335 g/mol. The van der Waals surface area contributed by atoms with Gasteiger partial charge < -0.3 is 4.89 Å². The summed E-state index contributed by atoms with van der Waals surface area (Å²) < 4.78 is 20.2. The number of rotatable bonds is 20. The summed E-state index contributed by atoms with van der Waals surface area (Å²) in [6.45, 7) is 2.58. The first-order chi connectivity index (χ1) is 12.1. The number of hydrogen-bond donors (Lipinski definition) is 1. The molecule has 0 rings (SSSR count). The van der Waals surface area contributed by atoms with Crippen molar-refractivity contribution in [1.82, 2.24) is 0 Å². The van der Waals surface area contributed by atoms with Crippen molar-refractivity contribution in [3.8, 4) is 0 Å². The minimum Gasteiger partial charge on any atom is -0.303 e. The SMILES string of the molecule is CCCCCCCCCCCCCCCCCCCOP(=O)(O)OC. The van der Waals surface area contributed by atoms with E-state index in [1.165, 1.54) is 103 Å². The van der Waals surface area contributed by atoms with Crippen LogP contribution in [-0.2, 0) is 13.6 Å². The van der Waals surface area contributed by atoms with E-state index in [0.717, 1.165) is 12.8 Å². The standard InChI is InChI=1S/C20H43O4P/c1-3-4-5-6-7-8-9-10-11-12-13-14-15-16-17-18-19-20-24-25(21,22)23-2/h3-20H2,1-2H3,(H,21,22). The average molecular weight is 379 g/mol. The predicted octanol–water partition coefficient (Wildman–Crippen LogP) is 7.40. The van der Waals surface area contributed by atoms with Crippen LogP contribution >= 0.6 is 7.82 Å². The minimum atomic E-state index is -3.76. The van der Waals surface area contributed by atoms with E-state index in [0.29, 0.717) is 6.61 Å². The van der Waals surface area contributed by atoms with Crippen LogP contribution in [0, 0.1) is 0 Å². The Kier molecular flexibility index (Phi) is 19.0. The molecule has 1 atom stereocenters. The number of unbranched alkanes of at least 4 members (excludes halogenated alkanes) is 16. The van der Waals surface area contributed by atoms with E-state index in [1.54, 1.807) is 0 Å². The van der Waals surface area contributed by atoms with Crippen molar-refractivity contribution in [3.63, 3.8) is 0 Å². The molecule has 0 aromatic rings. The maximum atomic E-state index is 11.1. The average Bonchev–Trinajstić information content (AvgIpc) is 2.60. The van der Waals surface area contributed by atoms with Gasteiger partial charge in [0.15, 0.2) is 0 Å². The molecule has 0 aromatic carbocycles. The zero-order valence-corrected chi connectivity index (χ0v) is 17.7. The second kappa shape index (κ2) is 18.9. The molecule has 0 heterocycles. The molecule has 0 spiro atoms. The first-order valence-corrected chi connectivity index (χ1v) is 12.1. The molecule has 25 heavy (non-hydrogen) atoms. The topological polar surface area (TPSA) is 55.8 Å². The molecule has 5 heteroatoms. The molecule has 0 amide bonds. The third kappa shape index (κ3) is 20.3. The maximum absolute atomic E-state index is 11.1. The molecule has 1 unspecified atom stereocenters. The number of phosphoric ester groups is 1. The highest BCUT2D eigenvalue weighted by Gasteiger charge is 2.17. The van der Waals surface area contributed by atoms with E-state index in [2.05, 4.69) is 11.4 Å². The van der Waals surface area contributed by atoms with Crippen LogP contribution in [0.2, 0.25) is 0 Å². The first kappa shape index (κ1) is 25.1. The van der Waals surface area contributed by atoms with Crippen LogP contribution in [0.5, 0.6) is 0 Å². The van der Waals surface area contributed by atoms with Crippen molar-refractivity contribution in [2.24, 2.45) is 0 Å². The third-order valence-corrected chi connectivity index (χ3v) is 5.70. The Bertz CT molecular complexity index is 310. The predicted molar refractivity (Wildman–Crippen MR) is 107 cm³/mol. The van der Waals surface area contributed by atoms with Gasteiger partial charge in [-0.1, -0.05) is 110 Å². The van der Waals surface area contributed by atoms with Gasteiger partial charge in [0.2, 0.25) is 0 Å². The lowest BCUT2D eigenvalue weighted by Crippen LogP contribution is -1.94. The highest BCUT2D eigenvalue weighted by atomic mass is 31.2. The molecule has 0 aromatic heterocycles. The molecule has 0 radical (unpaired) electrons. The van der Waals surface area contributed by atoms with Gasteiger partial charge in [-0.15, -0.1) is 0 Å². The van der Waals surface area contributed by atoms with Crippen molar-refractivity contribution in [3.05, 3.63) is 0 Å². The Balaban J connectivity index is 3.06. The van der Waals surface area contributed by atoms with Crippen molar-refractivity contribution < 1.29 is 18.5 Å². The van der Waals surface area contributed by atoms with Gasteiger partial charge in [0.1, 0.15) is 0 Å². The van der Waals surface area contributed by atoms with Crippen LogP contribution in [0.3, 0.4) is 0 Å². The van der Waals surface area contributed by atoms with Gasteiger partial charge in [0, 0.05) is 7.11 Å². The van der Waals surface area contributed by atoms with Gasteiger partial charge in [0.25, 0.3) is 0 Å². The molecule has 0 aliphatic carbocycles. The number of hydrogen-bond acceptors (Lipinski definition) is 3. The van der Waals surface area contributed by atoms with Crippen LogP contribution in [0.1, 0.15) is 116 Å². The molecule has 0 aliphatic heterocycles. The lowest BCUT2D eigenvalue weighted by Gasteiger charge is -2.08. The highest BCUT2D eigenvalue weighted by Crippen LogP contribution is 2.41. The minimum absolute atomic E-state index is 0.306. The molecule has 0 saturated heterocycles. The Morgan fingerprint density at radius 1 is 0.640 bits per heavy atom. The first-order valence-electron chi connectivity index (χ1n) is 10.7. The van der Waals surface area contributed by atoms with E-state index in [4.69, 9.17) is 9.42 Å². The van der Waals surface area contributed by atoms with Crippen LogP contribution in [0.25, 0.3) is 0 Å². The summed E-state index contributed by atoms with van der Waals surface area (Å²) in [5, 5.41) is 0. The van der Waals surface area contributed by atoms with Crippen molar-refractivity contribution in [2.45, 2.75) is 116 Å². The van der Waals surface area contributed by atoms with Crippen LogP contribution < -0.4 is 0 Å². The summed E-state index contributed by atoms with van der Waals surface area (Å²) in [4.78, 5) is 9.07. The molecule has 1 N–H and O–H groups in total. The van der Waals surface area contributed by atoms with Gasteiger partial charge in [-0.25, -0.2) is 4.57 Å². The van der Waals surface area contributed by atoms with Crippen molar-refractivity contribution in [1.29, 1.82) is 0 Å². The Morgan fingerprint density at radius 2 is 0.960 bits per heavy atom. The van der Waals surface area contributed by atoms with Crippen LogP contribution in [0.15, 0.2) is 0 Å². The Hall–Kier alpha value is 0.110. The van der Waals surface area contributed by atoms with Crippen LogP contribution in [0.4, 0.5) is 0 Å². The van der Waals surface area contributed by atoms with E-state index in [1.807, 2.05) is 0 Å². The molecule has 0 saturated carbocycles. The molecule has 0 aliphatic rings. The van der Waals surface area contributed by atoms with Gasteiger partial charge in [-0.3, -0.25) is 9.05 Å². The summed E-state index contributed by atoms with van der Waals surface area (Å²) >= 11 is 0. The summed E-state index contributed by atoms with van der Waals surface area (Å²) in [7, 11) is -2.57. The fourth-order valence-electron chi connectivity index (χ4n) is 3.06. The second-order valence-corrected chi connectivity index (χ2v) is 8.70. The van der Waals surface area contributed by atoms with E-state index in [-0.39, 0.29) is 0 Å². The normalized spacial score (nSPS) is 13.9. The summed E-state index contributed by atoms with van der Waals surface area (Å²) in [5.41, 5.74) is 0. The van der Waals surface area contributed by atoms with E-state index < -0.39 is 7.82 Å². The van der Waals surface area contributed by atoms with Gasteiger partial charge in [-0.2, -0.15) is 0 Å². The lowest BCUT2D eigenvalue weighted by atomic mass is 10.0. The van der Waals surface area contributed by atoms with E-state index in [9.17, 15) is 4.57 Å². The largest absolute Gasteiger partial charge is 0.471 e. The van der Waals surface area contributed by atoms with Gasteiger partial charge in [0.05, 0.1) is 6.61 Å². The zero-order chi connectivity index (χ0) is 18.6. The monoisotopic (exact) mass is 378 g/mol. The van der Waals surface area contributed by atoms with Crippen LogP contribution in [-0.4, -0.2) is 18.6 Å². The fourth-order valence-corrected chi connectivity index (χ4v) is 3.52. The highest BCUT2D eigenvalue weighted by molar-refractivity contribution is 7.47. The summed E-state index contributed by atoms with van der Waals surface area (Å²) in [6.07, 6.45) is 22.5. The Morgan fingerprint density at radius 3 is 1.28 bits per heavy atom. The van der Waals surface area contributed by atoms with E-state index >= 15 is 0 Å². The second-order valence-electron chi connectivity index (χ2n) is 7.14. The molecule has 152 valence electrons. The summed E-state index contributed by atoms with van der Waals surface area (Å²) in [5.74, 6) is 0. The number of phosphoric acid groups is 1. The van der Waals surface area contributed by atoms with Gasteiger partial charge >= 0.3 is 7.82 Å². The summed E-state index contributed by atoms with van der Waals surface area (Å²) in [6, 6.07) is 0. The van der Waals surface area contributed by atoms with Crippen molar-refractivity contribution in [2.75, 3.05) is 13.7 Å². The molecule has 0 bridgehead atoms. The molecule has 0 fully saturated rings. The Labute approximate surface area is 156 Å². The van der Waals surface area contributed by atoms with Crippen molar-refractivity contribution >= 4 is 7.82 Å². The van der Waals surface area contributed by atoms with Gasteiger partial charge in [-0.05, 0) is 6.42 Å². The maximum Gasteiger partial charge on any atom is 0.471 e. The smallest absolute Gasteiger partial charge is 0.303 e. The zero-order valence-electron chi connectivity index (χ0n) is 16.8. The lowest BCUT2D eigenvalue weighted by molar-refractivity contribution is 0.170. The molecule has 4 nitrogen and oxygen atoms in total. The molecular formula is C20H43O4P. The third-order valence-electron chi connectivity index (χ3n) is 4.73.